The molecule has 1 fully saturated rings. The number of fused-ring (bicyclic) bond motifs is 1. The highest BCUT2D eigenvalue weighted by atomic mass is 35.5. The quantitative estimate of drug-likeness (QED) is 0.435. The molecular formula is C25H23Cl3N4O5S. The van der Waals surface area contributed by atoms with E-state index >= 15 is 0 Å². The number of anilines is 2. The molecule has 0 saturated carbocycles. The smallest absolute Gasteiger partial charge is 0.264 e. The third-order valence-electron chi connectivity index (χ3n) is 6.29. The molecule has 3 aromatic rings. The number of likely N-dealkylation sites (tertiary alicyclic amines) is 1. The van der Waals surface area contributed by atoms with E-state index in [-0.39, 0.29) is 49.3 Å². The lowest BCUT2D eigenvalue weighted by Gasteiger charge is -2.36. The number of carbonyl (C=O) groups is 1. The fourth-order valence-electron chi connectivity index (χ4n) is 4.51. The van der Waals surface area contributed by atoms with E-state index in [1.165, 1.54) is 28.7 Å². The first-order valence-corrected chi connectivity index (χ1v) is 14.3. The number of halogens is 3. The summed E-state index contributed by atoms with van der Waals surface area (Å²) in [5.41, 5.74) is 0.465. The molecule has 2 aliphatic heterocycles. The van der Waals surface area contributed by atoms with Crippen molar-refractivity contribution in [1.29, 1.82) is 0 Å². The zero-order valence-electron chi connectivity index (χ0n) is 19.9. The zero-order valence-corrected chi connectivity index (χ0v) is 22.9. The van der Waals surface area contributed by atoms with Gasteiger partial charge in [-0.05, 0) is 42.8 Å². The first kappa shape index (κ1) is 27.0. The number of carbonyl (C=O) groups excluding carboxylic acids is 1. The maximum atomic E-state index is 13.8. The number of amides is 1. The van der Waals surface area contributed by atoms with Crippen molar-refractivity contribution in [1.82, 2.24) is 9.88 Å². The van der Waals surface area contributed by atoms with E-state index in [0.717, 1.165) is 0 Å². The summed E-state index contributed by atoms with van der Waals surface area (Å²) < 4.78 is 34.9. The van der Waals surface area contributed by atoms with Gasteiger partial charge < -0.3 is 15.2 Å². The highest BCUT2D eigenvalue weighted by Gasteiger charge is 2.37. The third kappa shape index (κ3) is 5.56. The molecule has 0 unspecified atom stereocenters. The van der Waals surface area contributed by atoms with Gasteiger partial charge in [0.2, 0.25) is 5.88 Å². The van der Waals surface area contributed by atoms with Gasteiger partial charge >= 0.3 is 0 Å². The van der Waals surface area contributed by atoms with Crippen LogP contribution in [0.15, 0.2) is 59.6 Å². The summed E-state index contributed by atoms with van der Waals surface area (Å²) in [7, 11) is -4.08. The van der Waals surface area contributed by atoms with E-state index in [1.807, 2.05) is 4.90 Å². The van der Waals surface area contributed by atoms with Gasteiger partial charge in [0.25, 0.3) is 15.9 Å². The van der Waals surface area contributed by atoms with Gasteiger partial charge in [-0.1, -0.05) is 46.9 Å². The number of aromatic nitrogens is 1. The maximum absolute atomic E-state index is 13.8. The van der Waals surface area contributed by atoms with Gasteiger partial charge in [0.1, 0.15) is 11.8 Å². The van der Waals surface area contributed by atoms with E-state index in [9.17, 15) is 18.3 Å². The highest BCUT2D eigenvalue weighted by Crippen LogP contribution is 2.38. The van der Waals surface area contributed by atoms with Crippen molar-refractivity contribution in [2.75, 3.05) is 35.8 Å². The second kappa shape index (κ2) is 10.9. The molecular weight excluding hydrogens is 575 g/mol. The number of pyridine rings is 1. The number of hydrogen-bond acceptors (Lipinski definition) is 7. The second-order valence-electron chi connectivity index (χ2n) is 9.03. The summed E-state index contributed by atoms with van der Waals surface area (Å²) in [4.78, 5) is 19.3. The van der Waals surface area contributed by atoms with Crippen LogP contribution in [0.5, 0.6) is 5.88 Å². The van der Waals surface area contributed by atoms with Gasteiger partial charge in [-0.3, -0.25) is 14.0 Å². The Balaban J connectivity index is 1.49. The summed E-state index contributed by atoms with van der Waals surface area (Å²) in [5.74, 6) is -0.478. The Hall–Kier alpha value is -2.60. The normalized spacial score (nSPS) is 19.6. The predicted molar refractivity (Wildman–Crippen MR) is 146 cm³/mol. The van der Waals surface area contributed by atoms with Gasteiger partial charge in [0, 0.05) is 24.7 Å². The minimum Gasteiger partial charge on any atom is -0.470 e. The third-order valence-corrected chi connectivity index (χ3v) is 8.93. The molecule has 2 aliphatic rings. The van der Waals surface area contributed by atoms with E-state index in [1.54, 1.807) is 30.3 Å². The molecule has 1 saturated heterocycles. The monoisotopic (exact) mass is 596 g/mol. The van der Waals surface area contributed by atoms with E-state index in [2.05, 4.69) is 10.3 Å². The molecule has 0 aliphatic carbocycles. The van der Waals surface area contributed by atoms with Crippen molar-refractivity contribution >= 4 is 62.1 Å². The molecule has 13 heteroatoms. The lowest BCUT2D eigenvalue weighted by molar-refractivity contribution is 0.102. The maximum Gasteiger partial charge on any atom is 0.264 e. The molecule has 2 aromatic carbocycles. The summed E-state index contributed by atoms with van der Waals surface area (Å²) in [6.07, 6.45) is 1.04. The number of nitrogens with one attached hydrogen (secondary N) is 1. The van der Waals surface area contributed by atoms with Crippen LogP contribution in [0.4, 0.5) is 11.4 Å². The Morgan fingerprint density at radius 3 is 2.53 bits per heavy atom. The number of β-amino-alcohol motifs (C(OH)–C–C–N with tert-alkyl or cyclic N) is 1. The van der Waals surface area contributed by atoms with Crippen LogP contribution in [0.1, 0.15) is 16.8 Å². The molecule has 2 atom stereocenters. The number of sulfonamides is 1. The predicted octanol–water partition coefficient (Wildman–Crippen LogP) is 4.32. The SMILES string of the molecule is O=C(Nc1cnc2c(c1)N(S(=O)(=O)c1cccc(Cl)c1)C[C@H](CN1CC[C@@H](O)C1)O2)c1c(Cl)cccc1Cl. The Morgan fingerprint density at radius 1 is 1.11 bits per heavy atom. The minimum absolute atomic E-state index is 0.00508. The Morgan fingerprint density at radius 2 is 1.84 bits per heavy atom. The van der Waals surface area contributed by atoms with Crippen LogP contribution in [0.25, 0.3) is 0 Å². The Kier molecular flexibility index (Phi) is 7.72. The lowest BCUT2D eigenvalue weighted by Crippen LogP contribution is -2.48. The topological polar surface area (TPSA) is 112 Å². The van der Waals surface area contributed by atoms with E-state index < -0.39 is 28.1 Å². The van der Waals surface area contributed by atoms with E-state index in [4.69, 9.17) is 39.5 Å². The molecule has 200 valence electrons. The summed E-state index contributed by atoms with van der Waals surface area (Å²) in [5, 5.41) is 13.2. The van der Waals surface area contributed by atoms with Crippen LogP contribution in [-0.2, 0) is 10.0 Å². The van der Waals surface area contributed by atoms with E-state index in [0.29, 0.717) is 26.1 Å². The minimum atomic E-state index is -4.08. The van der Waals surface area contributed by atoms with Crippen LogP contribution >= 0.6 is 34.8 Å². The number of aliphatic hydroxyl groups excluding tert-OH is 1. The van der Waals surface area contributed by atoms with Crippen molar-refractivity contribution in [2.45, 2.75) is 23.5 Å². The lowest BCUT2D eigenvalue weighted by atomic mass is 10.2. The van der Waals surface area contributed by atoms with Crippen molar-refractivity contribution in [3.05, 3.63) is 75.4 Å². The van der Waals surface area contributed by atoms with Crippen molar-refractivity contribution in [3.63, 3.8) is 0 Å². The number of rotatable bonds is 6. The van der Waals surface area contributed by atoms with Crippen LogP contribution in [-0.4, -0.2) is 67.7 Å². The molecule has 0 bridgehead atoms. The molecule has 3 heterocycles. The van der Waals surface area contributed by atoms with Crippen molar-refractivity contribution < 1.29 is 23.1 Å². The molecule has 9 nitrogen and oxygen atoms in total. The number of benzene rings is 2. The van der Waals surface area contributed by atoms with Gasteiger partial charge in [-0.2, -0.15) is 0 Å². The molecule has 0 radical (unpaired) electrons. The van der Waals surface area contributed by atoms with Gasteiger partial charge in [0.05, 0.1) is 45.0 Å². The van der Waals surface area contributed by atoms with Crippen LogP contribution < -0.4 is 14.4 Å². The number of hydrogen-bond donors (Lipinski definition) is 2. The average Bonchev–Trinajstić information content (AvgIpc) is 3.28. The highest BCUT2D eigenvalue weighted by molar-refractivity contribution is 7.92. The molecule has 38 heavy (non-hydrogen) atoms. The molecule has 1 amide bonds. The van der Waals surface area contributed by atoms with Crippen LogP contribution in [0.2, 0.25) is 15.1 Å². The first-order valence-electron chi connectivity index (χ1n) is 11.7. The number of aliphatic hydroxyl groups is 1. The fourth-order valence-corrected chi connectivity index (χ4v) is 6.87. The van der Waals surface area contributed by atoms with Crippen LogP contribution in [0.3, 0.4) is 0 Å². The molecule has 1 aromatic heterocycles. The Labute approximate surface area is 234 Å². The van der Waals surface area contributed by atoms with Crippen molar-refractivity contribution in [2.24, 2.45) is 0 Å². The first-order chi connectivity index (χ1) is 18.1. The zero-order chi connectivity index (χ0) is 27.0. The van der Waals surface area contributed by atoms with Crippen LogP contribution in [0, 0.1) is 0 Å². The largest absolute Gasteiger partial charge is 0.470 e. The molecule has 0 spiro atoms. The summed E-state index contributed by atoms with van der Waals surface area (Å²) >= 11 is 18.4. The van der Waals surface area contributed by atoms with Gasteiger partial charge in [-0.15, -0.1) is 0 Å². The second-order valence-corrected chi connectivity index (χ2v) is 12.1. The van der Waals surface area contributed by atoms with Gasteiger partial charge in [-0.25, -0.2) is 13.4 Å². The summed E-state index contributed by atoms with van der Waals surface area (Å²) in [6.45, 7) is 1.56. The fraction of sp³-hybridized carbons (Fsp3) is 0.280. The Bertz CT molecular complexity index is 1470. The van der Waals surface area contributed by atoms with Crippen molar-refractivity contribution in [3.8, 4) is 5.88 Å². The average molecular weight is 598 g/mol. The molecule has 5 rings (SSSR count). The number of ether oxygens (including phenoxy) is 1. The van der Waals surface area contributed by atoms with Gasteiger partial charge in [0.15, 0.2) is 0 Å². The number of nitrogens with zero attached hydrogens (tertiary/aromatic N) is 3. The summed E-state index contributed by atoms with van der Waals surface area (Å²) in [6, 6.07) is 12.2. The molecule has 2 N–H and O–H groups in total. The standard InChI is InChI=1S/C25H23Cl3N4O5S/c26-15-3-1-4-19(9-15)38(35,36)32-14-18(13-31-8-7-17(33)12-31)37-25-22(32)10-16(11-29-25)30-24(34)23-20(27)5-2-6-21(23)28/h1-6,9-11,17-18,33H,7-8,12-14H2,(H,30,34)/t17-,18+/m1/s1.